The quantitative estimate of drug-likeness (QED) is 0.154. The number of carbonyl (C=O) groups is 1. The molecule has 0 bridgehead atoms. The Hall–Kier alpha value is -2.92. The van der Waals surface area contributed by atoms with Crippen molar-refractivity contribution in [3.63, 3.8) is 0 Å². The van der Waals surface area contributed by atoms with Crippen LogP contribution in [0, 0.1) is 13.8 Å². The van der Waals surface area contributed by atoms with E-state index in [0.717, 1.165) is 33.8 Å². The van der Waals surface area contributed by atoms with Gasteiger partial charge in [0.15, 0.2) is 10.3 Å². The van der Waals surface area contributed by atoms with Gasteiger partial charge < -0.3 is 10.1 Å². The van der Waals surface area contributed by atoms with Gasteiger partial charge in [0, 0.05) is 35.2 Å². The molecule has 9 nitrogen and oxygen atoms in total. The van der Waals surface area contributed by atoms with Gasteiger partial charge in [-0.3, -0.25) is 9.36 Å². The van der Waals surface area contributed by atoms with E-state index in [1.54, 1.807) is 29.7 Å². The average molecular weight is 561 g/mol. The van der Waals surface area contributed by atoms with Crippen molar-refractivity contribution >= 4 is 52.4 Å². The molecule has 208 valence electrons. The van der Waals surface area contributed by atoms with Crippen LogP contribution in [0.2, 0.25) is 0 Å². The minimum absolute atomic E-state index is 0. The second kappa shape index (κ2) is 15.5. The number of pyridine rings is 1. The minimum Gasteiger partial charge on any atom is -0.463 e. The third-order valence-electron chi connectivity index (χ3n) is 5.05. The lowest BCUT2D eigenvalue weighted by molar-refractivity contribution is -0.137. The van der Waals surface area contributed by atoms with E-state index in [-0.39, 0.29) is 31.0 Å². The maximum Gasteiger partial charge on any atom is 0.330 e. The first kappa shape index (κ1) is 33.1. The summed E-state index contributed by atoms with van der Waals surface area (Å²) < 4.78 is 6.59. The second-order valence-electron chi connectivity index (χ2n) is 8.61. The fraction of sp³-hybridized carbons (Fsp3) is 0.481. The van der Waals surface area contributed by atoms with Crippen molar-refractivity contribution in [3.05, 3.63) is 45.5 Å². The molecule has 0 unspecified atom stereocenters. The topological polar surface area (TPSA) is 112 Å². The predicted molar refractivity (Wildman–Crippen MR) is 160 cm³/mol. The summed E-state index contributed by atoms with van der Waals surface area (Å²) in [6.07, 6.45) is 6.96. The number of hydrogen-bond donors (Lipinski definition) is 1. The molecule has 3 aromatic heterocycles. The van der Waals surface area contributed by atoms with E-state index in [2.05, 4.69) is 25.3 Å². The maximum absolute atomic E-state index is 11.9. The van der Waals surface area contributed by atoms with Gasteiger partial charge in [0.2, 0.25) is 0 Å². The molecule has 0 amide bonds. The van der Waals surface area contributed by atoms with Crippen LogP contribution in [0.4, 0.5) is 5.82 Å². The summed E-state index contributed by atoms with van der Waals surface area (Å²) in [5.74, 6) is 0.369. The van der Waals surface area contributed by atoms with Crippen molar-refractivity contribution in [1.82, 2.24) is 24.5 Å². The molecule has 0 fully saturated rings. The fourth-order valence-electron chi connectivity index (χ4n) is 3.42. The molecular weight excluding hydrogens is 520 g/mol. The van der Waals surface area contributed by atoms with Gasteiger partial charge >= 0.3 is 5.97 Å². The number of carbonyl (C=O) groups excluding carboxylic acids is 1. The Balaban J connectivity index is 0.000000374. The molecule has 0 aromatic carbocycles. The average Bonchev–Trinajstić information content (AvgIpc) is 2.82. The molecular formula is C27H40N6O3S2. The first-order valence-corrected chi connectivity index (χ1v) is 14.4. The molecule has 38 heavy (non-hydrogen) atoms. The monoisotopic (exact) mass is 560 g/mol. The van der Waals surface area contributed by atoms with Crippen LogP contribution in [0.3, 0.4) is 0 Å². The molecule has 0 aliphatic heterocycles. The van der Waals surface area contributed by atoms with Crippen molar-refractivity contribution in [3.8, 4) is 0 Å². The Labute approximate surface area is 234 Å². The molecule has 3 heterocycles. The molecule has 1 N–H and O–H groups in total. The van der Waals surface area contributed by atoms with Crippen molar-refractivity contribution in [1.29, 1.82) is 0 Å². The number of thioether (sulfide) groups is 2. The van der Waals surface area contributed by atoms with Crippen LogP contribution < -0.4 is 10.9 Å². The molecule has 0 aliphatic carbocycles. The number of ether oxygens (including phenoxy) is 1. The largest absolute Gasteiger partial charge is 0.463 e. The van der Waals surface area contributed by atoms with Crippen molar-refractivity contribution in [2.75, 3.05) is 24.4 Å². The van der Waals surface area contributed by atoms with Crippen LogP contribution >= 0.6 is 23.5 Å². The summed E-state index contributed by atoms with van der Waals surface area (Å²) in [7, 11) is 0. The molecule has 0 saturated heterocycles. The standard InChI is InChI=1S/C14H21N3O2S.C12H15N3OS.CH4/c1-6-19-12(18)8-7-11-10(4)16-14(20-5)17-13(11)15-9(2)3;1-7(2)15-10(16)6-5-9-8(3)13-12(17-4)14-11(9)15;/h7-9H,6H2,1-5H3,(H,15,16,17);5-7H,1-4H3;1H4/b8-7+;;. The van der Waals surface area contributed by atoms with Gasteiger partial charge in [-0.05, 0) is 73.1 Å². The van der Waals surface area contributed by atoms with E-state index in [1.165, 1.54) is 29.6 Å². The van der Waals surface area contributed by atoms with Gasteiger partial charge in [0.05, 0.1) is 18.0 Å². The fourth-order valence-corrected chi connectivity index (χ4v) is 4.24. The van der Waals surface area contributed by atoms with E-state index < -0.39 is 0 Å². The summed E-state index contributed by atoms with van der Waals surface area (Å²) in [4.78, 5) is 41.0. The van der Waals surface area contributed by atoms with E-state index in [0.29, 0.717) is 16.9 Å². The third-order valence-corrected chi connectivity index (χ3v) is 6.14. The SMILES string of the molecule is C.CCOC(=O)/C=C/c1c(C)nc(SC)nc1NC(C)C.CSc1nc(C)c2ccc(=O)n(C(C)C)c2n1. The van der Waals surface area contributed by atoms with Gasteiger partial charge in [0.1, 0.15) is 11.5 Å². The van der Waals surface area contributed by atoms with Crippen molar-refractivity contribution in [2.45, 2.75) is 78.3 Å². The third kappa shape index (κ3) is 8.83. The highest BCUT2D eigenvalue weighted by molar-refractivity contribution is 7.98. The lowest BCUT2D eigenvalue weighted by atomic mass is 10.2. The van der Waals surface area contributed by atoms with Gasteiger partial charge in [-0.2, -0.15) is 0 Å². The zero-order valence-electron chi connectivity index (χ0n) is 22.9. The highest BCUT2D eigenvalue weighted by atomic mass is 32.2. The lowest BCUT2D eigenvalue weighted by Crippen LogP contribution is -2.22. The molecule has 3 aromatic rings. The number of fused-ring (bicyclic) bond motifs is 1. The van der Waals surface area contributed by atoms with Crippen LogP contribution in [0.5, 0.6) is 0 Å². The molecule has 0 aliphatic rings. The lowest BCUT2D eigenvalue weighted by Gasteiger charge is -2.14. The molecule has 3 rings (SSSR count). The molecule has 11 heteroatoms. The van der Waals surface area contributed by atoms with Crippen molar-refractivity contribution < 1.29 is 9.53 Å². The number of nitrogens with one attached hydrogen (secondary N) is 1. The van der Waals surface area contributed by atoms with E-state index in [9.17, 15) is 9.59 Å². The Morgan fingerprint density at radius 3 is 2.18 bits per heavy atom. The Bertz CT molecular complexity index is 1320. The number of nitrogens with zero attached hydrogens (tertiary/aromatic N) is 5. The summed E-state index contributed by atoms with van der Waals surface area (Å²) in [5.41, 5.74) is 3.26. The minimum atomic E-state index is -0.365. The highest BCUT2D eigenvalue weighted by Gasteiger charge is 2.12. The Morgan fingerprint density at radius 1 is 1.03 bits per heavy atom. The molecule has 0 atom stereocenters. The van der Waals surface area contributed by atoms with Gasteiger partial charge in [-0.1, -0.05) is 31.0 Å². The second-order valence-corrected chi connectivity index (χ2v) is 10.2. The Kier molecular flexibility index (Phi) is 13.5. The van der Waals surface area contributed by atoms with Crippen LogP contribution in [0.1, 0.15) is 65.0 Å². The number of aryl methyl sites for hydroxylation is 2. The van der Waals surface area contributed by atoms with E-state index >= 15 is 0 Å². The summed E-state index contributed by atoms with van der Waals surface area (Å²) in [6, 6.07) is 3.72. The summed E-state index contributed by atoms with van der Waals surface area (Å²) >= 11 is 2.97. The van der Waals surface area contributed by atoms with Crippen LogP contribution in [0.15, 0.2) is 33.3 Å². The summed E-state index contributed by atoms with van der Waals surface area (Å²) in [6.45, 7) is 14.0. The first-order valence-electron chi connectivity index (χ1n) is 12.0. The van der Waals surface area contributed by atoms with Gasteiger partial charge in [0.25, 0.3) is 5.56 Å². The van der Waals surface area contributed by atoms with Crippen LogP contribution in [-0.4, -0.2) is 55.6 Å². The number of rotatable bonds is 8. The normalized spacial score (nSPS) is 10.9. The number of anilines is 1. The zero-order chi connectivity index (χ0) is 27.7. The van der Waals surface area contributed by atoms with E-state index in [4.69, 9.17) is 4.74 Å². The van der Waals surface area contributed by atoms with Crippen LogP contribution in [-0.2, 0) is 9.53 Å². The van der Waals surface area contributed by atoms with Crippen molar-refractivity contribution in [2.24, 2.45) is 0 Å². The number of aromatic nitrogens is 5. The molecule has 0 saturated carbocycles. The van der Waals surface area contributed by atoms with Gasteiger partial charge in [-0.25, -0.2) is 24.7 Å². The molecule has 0 radical (unpaired) electrons. The van der Waals surface area contributed by atoms with E-state index in [1.807, 2.05) is 54.1 Å². The summed E-state index contributed by atoms with van der Waals surface area (Å²) in [5, 5.41) is 5.63. The maximum atomic E-state index is 11.9. The smallest absolute Gasteiger partial charge is 0.330 e. The predicted octanol–water partition coefficient (Wildman–Crippen LogP) is 5.94. The zero-order valence-corrected chi connectivity index (χ0v) is 24.6. The number of esters is 1. The highest BCUT2D eigenvalue weighted by Crippen LogP contribution is 2.23. The van der Waals surface area contributed by atoms with Gasteiger partial charge in [-0.15, -0.1) is 0 Å². The first-order chi connectivity index (χ1) is 17.5. The molecule has 0 spiro atoms. The number of hydrogen-bond acceptors (Lipinski definition) is 10. The Morgan fingerprint density at radius 2 is 1.63 bits per heavy atom. The van der Waals surface area contributed by atoms with Crippen LogP contribution in [0.25, 0.3) is 17.1 Å².